The maximum absolute atomic E-state index is 12.9. The van der Waals surface area contributed by atoms with Gasteiger partial charge in [-0.2, -0.15) is 5.10 Å². The predicted octanol–water partition coefficient (Wildman–Crippen LogP) is 2.55. The number of nitrogens with zero attached hydrogens (tertiary/aromatic N) is 6. The lowest BCUT2D eigenvalue weighted by molar-refractivity contribution is -0.139. The highest BCUT2D eigenvalue weighted by Crippen LogP contribution is 2.31. The van der Waals surface area contributed by atoms with Gasteiger partial charge in [-0.1, -0.05) is 6.07 Å². The van der Waals surface area contributed by atoms with Gasteiger partial charge in [0, 0.05) is 62.2 Å². The molecule has 9 heteroatoms. The highest BCUT2D eigenvalue weighted by Gasteiger charge is 2.33. The lowest BCUT2D eigenvalue weighted by Crippen LogP contribution is -2.49. The number of nitrogens with one attached hydrogen (secondary N) is 1. The second-order valence-corrected chi connectivity index (χ2v) is 9.57. The summed E-state index contributed by atoms with van der Waals surface area (Å²) in [5.74, 6) is 0.616. The summed E-state index contributed by atoms with van der Waals surface area (Å²) in [4.78, 5) is 30.0. The average molecular weight is 462 g/mol. The van der Waals surface area contributed by atoms with Crippen LogP contribution in [0.2, 0.25) is 0 Å². The molecule has 0 bridgehead atoms. The van der Waals surface area contributed by atoms with Crippen LogP contribution in [0.25, 0.3) is 22.0 Å². The van der Waals surface area contributed by atoms with Crippen molar-refractivity contribution in [3.63, 3.8) is 0 Å². The van der Waals surface area contributed by atoms with Crippen molar-refractivity contribution in [3.05, 3.63) is 36.7 Å². The maximum Gasteiger partial charge on any atom is 0.228 e. The molecule has 9 nitrogen and oxygen atoms in total. The predicted molar refractivity (Wildman–Crippen MR) is 130 cm³/mol. The number of likely N-dealkylation sites (N-methyl/N-ethyl adjacent to an activating group) is 1. The number of carbonyl (C=O) groups excluding carboxylic acids is 2. The molecule has 0 radical (unpaired) electrons. The molecule has 0 spiro atoms. The van der Waals surface area contributed by atoms with Crippen LogP contribution in [0.5, 0.6) is 0 Å². The zero-order chi connectivity index (χ0) is 23.7. The highest BCUT2D eigenvalue weighted by atomic mass is 16.2. The number of aromatic nitrogens is 4. The van der Waals surface area contributed by atoms with Crippen LogP contribution in [-0.2, 0) is 16.6 Å². The molecule has 3 aromatic rings. The van der Waals surface area contributed by atoms with Crippen LogP contribution in [0.4, 0.5) is 5.82 Å². The third-order valence-corrected chi connectivity index (χ3v) is 7.14. The number of fused-ring (bicyclic) bond motifs is 1. The van der Waals surface area contributed by atoms with Crippen molar-refractivity contribution in [2.45, 2.75) is 25.7 Å². The molecule has 2 fully saturated rings. The lowest BCUT2D eigenvalue weighted by atomic mass is 9.81. The lowest BCUT2D eigenvalue weighted by Gasteiger charge is -2.36. The summed E-state index contributed by atoms with van der Waals surface area (Å²) in [6.07, 6.45) is 6.76. The van der Waals surface area contributed by atoms with Gasteiger partial charge in [0.1, 0.15) is 0 Å². The fourth-order valence-corrected chi connectivity index (χ4v) is 4.97. The van der Waals surface area contributed by atoms with E-state index >= 15 is 0 Å². The molecule has 1 aromatic carbocycles. The normalized spacial score (nSPS) is 21.5. The number of piperazine rings is 1. The fourth-order valence-electron chi connectivity index (χ4n) is 4.97. The third kappa shape index (κ3) is 4.79. The van der Waals surface area contributed by atoms with E-state index in [0.717, 1.165) is 73.9 Å². The van der Waals surface area contributed by atoms with Crippen LogP contribution in [0.15, 0.2) is 36.7 Å². The van der Waals surface area contributed by atoms with E-state index < -0.39 is 0 Å². The number of hydrogen-bond donors (Lipinski definition) is 1. The quantitative estimate of drug-likeness (QED) is 0.642. The summed E-state index contributed by atoms with van der Waals surface area (Å²) in [7, 11) is 3.98. The minimum Gasteiger partial charge on any atom is -0.340 e. The van der Waals surface area contributed by atoms with Crippen molar-refractivity contribution < 1.29 is 9.59 Å². The Morgan fingerprint density at radius 2 is 1.65 bits per heavy atom. The second-order valence-electron chi connectivity index (χ2n) is 9.57. The minimum atomic E-state index is -0.101. The summed E-state index contributed by atoms with van der Waals surface area (Å²) < 4.78 is 1.77. The summed E-state index contributed by atoms with van der Waals surface area (Å²) in [5, 5.41) is 16.6. The average Bonchev–Trinajstić information content (AvgIpc) is 3.30. The SMILES string of the molecule is CN1CCN(C(=O)[C@H]2CC[C@H](C(=O)Nc3cc4cc(-c5cnn(C)c5)ccc4nn3)CC2)CC1. The van der Waals surface area contributed by atoms with E-state index in [4.69, 9.17) is 0 Å². The Labute approximate surface area is 199 Å². The Kier molecular flexibility index (Phi) is 6.28. The topological polar surface area (TPSA) is 96.2 Å². The Morgan fingerprint density at radius 3 is 2.35 bits per heavy atom. The molecule has 1 saturated carbocycles. The minimum absolute atomic E-state index is 0.0393. The first-order valence-corrected chi connectivity index (χ1v) is 12.0. The van der Waals surface area contributed by atoms with Crippen molar-refractivity contribution in [2.24, 2.45) is 18.9 Å². The molecule has 0 unspecified atom stereocenters. The molecule has 2 aliphatic rings. The van der Waals surface area contributed by atoms with Gasteiger partial charge < -0.3 is 15.1 Å². The third-order valence-electron chi connectivity index (χ3n) is 7.14. The van der Waals surface area contributed by atoms with Crippen molar-refractivity contribution in [2.75, 3.05) is 38.5 Å². The molecule has 5 rings (SSSR count). The molecule has 3 heterocycles. The number of rotatable bonds is 4. The van der Waals surface area contributed by atoms with Gasteiger partial charge in [0.05, 0.1) is 11.7 Å². The van der Waals surface area contributed by atoms with Gasteiger partial charge in [-0.15, -0.1) is 10.2 Å². The monoisotopic (exact) mass is 461 g/mol. The summed E-state index contributed by atoms with van der Waals surface area (Å²) in [6.45, 7) is 3.47. The molecule has 34 heavy (non-hydrogen) atoms. The zero-order valence-electron chi connectivity index (χ0n) is 19.8. The van der Waals surface area contributed by atoms with E-state index in [0.29, 0.717) is 5.82 Å². The maximum atomic E-state index is 12.9. The van der Waals surface area contributed by atoms with Gasteiger partial charge in [0.2, 0.25) is 11.8 Å². The van der Waals surface area contributed by atoms with Gasteiger partial charge in [-0.3, -0.25) is 14.3 Å². The summed E-state index contributed by atoms with van der Waals surface area (Å²) in [6, 6.07) is 7.82. The van der Waals surface area contributed by atoms with Crippen LogP contribution < -0.4 is 5.32 Å². The number of anilines is 1. The van der Waals surface area contributed by atoms with Crippen LogP contribution in [0.3, 0.4) is 0 Å². The van der Waals surface area contributed by atoms with Gasteiger partial charge in [-0.25, -0.2) is 0 Å². The molecule has 2 aromatic heterocycles. The Balaban J connectivity index is 1.20. The Bertz CT molecular complexity index is 1190. The van der Waals surface area contributed by atoms with Gasteiger partial charge >= 0.3 is 0 Å². The second kappa shape index (κ2) is 9.50. The Hall–Kier alpha value is -3.33. The number of carbonyl (C=O) groups is 2. The molecule has 1 aliphatic carbocycles. The van der Waals surface area contributed by atoms with Gasteiger partial charge in [-0.05, 0) is 56.5 Å². The number of aryl methyl sites for hydroxylation is 1. The summed E-state index contributed by atoms with van der Waals surface area (Å²) in [5.41, 5.74) is 2.83. The molecule has 1 N–H and O–H groups in total. The first-order chi connectivity index (χ1) is 16.5. The van der Waals surface area contributed by atoms with Gasteiger partial charge in [0.15, 0.2) is 5.82 Å². The highest BCUT2D eigenvalue weighted by molar-refractivity contribution is 5.94. The van der Waals surface area contributed by atoms with Crippen LogP contribution >= 0.6 is 0 Å². The molecule has 0 atom stereocenters. The zero-order valence-corrected chi connectivity index (χ0v) is 19.8. The van der Waals surface area contributed by atoms with Gasteiger partial charge in [0.25, 0.3) is 0 Å². The first-order valence-electron chi connectivity index (χ1n) is 12.0. The van der Waals surface area contributed by atoms with Crippen molar-refractivity contribution in [1.82, 2.24) is 29.8 Å². The fraction of sp³-hybridized carbons (Fsp3) is 0.480. The van der Waals surface area contributed by atoms with E-state index in [-0.39, 0.29) is 23.7 Å². The van der Waals surface area contributed by atoms with Crippen molar-refractivity contribution >= 4 is 28.5 Å². The molecule has 2 amide bonds. The molecular weight excluding hydrogens is 430 g/mol. The summed E-state index contributed by atoms with van der Waals surface area (Å²) >= 11 is 0. The van der Waals surface area contributed by atoms with Crippen molar-refractivity contribution in [1.29, 1.82) is 0 Å². The molecule has 178 valence electrons. The smallest absolute Gasteiger partial charge is 0.228 e. The largest absolute Gasteiger partial charge is 0.340 e. The molecular formula is C25H31N7O2. The van der Waals surface area contributed by atoms with E-state index in [9.17, 15) is 9.59 Å². The van der Waals surface area contributed by atoms with E-state index in [1.807, 2.05) is 48.6 Å². The van der Waals surface area contributed by atoms with E-state index in [1.165, 1.54) is 0 Å². The number of amides is 2. The Morgan fingerprint density at radius 1 is 0.912 bits per heavy atom. The van der Waals surface area contributed by atoms with E-state index in [1.54, 1.807) is 4.68 Å². The molecule has 1 aliphatic heterocycles. The standard InChI is InChI=1S/C25H31N7O2/c1-30-9-11-32(12-10-30)25(34)18-5-3-17(4-6-18)24(33)27-23-14-20-13-19(7-8-22(20)28-29-23)21-15-26-31(2)16-21/h7-8,13-18H,3-6,9-12H2,1-2H3,(H,27,29,33)/t17-,18-. The van der Waals surface area contributed by atoms with Crippen LogP contribution in [0, 0.1) is 11.8 Å². The van der Waals surface area contributed by atoms with E-state index in [2.05, 4.69) is 32.6 Å². The van der Waals surface area contributed by atoms with Crippen LogP contribution in [-0.4, -0.2) is 74.8 Å². The number of benzene rings is 1. The molecule has 1 saturated heterocycles. The number of hydrogen-bond acceptors (Lipinski definition) is 6. The van der Waals surface area contributed by atoms with Crippen molar-refractivity contribution in [3.8, 4) is 11.1 Å². The first kappa shape index (κ1) is 22.5. The van der Waals surface area contributed by atoms with Crippen LogP contribution in [0.1, 0.15) is 25.7 Å².